The molecule has 5 heteroatoms. The van der Waals surface area contributed by atoms with E-state index >= 15 is 0 Å². The maximum atomic E-state index is 12.0. The number of hydrogen-bond donors (Lipinski definition) is 1. The summed E-state index contributed by atoms with van der Waals surface area (Å²) >= 11 is 0. The Hall–Kier alpha value is -0.290. The van der Waals surface area contributed by atoms with Crippen molar-refractivity contribution in [2.75, 3.05) is 0 Å². The maximum Gasteiger partial charge on any atom is 0.416 e. The lowest BCUT2D eigenvalue weighted by atomic mass is 10.1. The standard InChI is InChI=1S/C6H10F3NO/c1-3-2-4(10)5(11-3)6(7,8)9/h3-5H,2,10H2,1H3/t3-,4+,5+/m1/s1. The van der Waals surface area contributed by atoms with Crippen LogP contribution in [-0.2, 0) is 4.74 Å². The number of halogens is 3. The molecule has 2 N–H and O–H groups in total. The summed E-state index contributed by atoms with van der Waals surface area (Å²) in [5, 5.41) is 0. The van der Waals surface area contributed by atoms with Crippen LogP contribution in [0.2, 0.25) is 0 Å². The molecular formula is C6H10F3NO. The van der Waals surface area contributed by atoms with Crippen LogP contribution < -0.4 is 5.73 Å². The van der Waals surface area contributed by atoms with Crippen LogP contribution in [0.5, 0.6) is 0 Å². The van der Waals surface area contributed by atoms with E-state index in [1.807, 2.05) is 0 Å². The Morgan fingerprint density at radius 2 is 2.00 bits per heavy atom. The van der Waals surface area contributed by atoms with Crippen molar-refractivity contribution in [1.82, 2.24) is 0 Å². The molecule has 0 unspecified atom stereocenters. The molecule has 0 aromatic rings. The molecule has 0 radical (unpaired) electrons. The fraction of sp³-hybridized carbons (Fsp3) is 1.00. The highest BCUT2D eigenvalue weighted by Gasteiger charge is 2.49. The van der Waals surface area contributed by atoms with E-state index in [0.29, 0.717) is 0 Å². The fourth-order valence-corrected chi connectivity index (χ4v) is 1.23. The summed E-state index contributed by atoms with van der Waals surface area (Å²) in [4.78, 5) is 0. The molecule has 0 bridgehead atoms. The van der Waals surface area contributed by atoms with Gasteiger partial charge in [0.2, 0.25) is 0 Å². The molecule has 0 spiro atoms. The van der Waals surface area contributed by atoms with E-state index in [0.717, 1.165) is 0 Å². The molecular weight excluding hydrogens is 159 g/mol. The van der Waals surface area contributed by atoms with Gasteiger partial charge in [-0.1, -0.05) is 0 Å². The number of ether oxygens (including phenoxy) is 1. The second-order valence-electron chi connectivity index (χ2n) is 2.81. The van der Waals surface area contributed by atoms with Crippen molar-refractivity contribution in [2.24, 2.45) is 5.73 Å². The normalized spacial score (nSPS) is 39.5. The Morgan fingerprint density at radius 1 is 1.45 bits per heavy atom. The average Bonchev–Trinajstić information content (AvgIpc) is 2.08. The van der Waals surface area contributed by atoms with Gasteiger partial charge in [-0.05, 0) is 13.3 Å². The predicted molar refractivity (Wildman–Crippen MR) is 33.0 cm³/mol. The van der Waals surface area contributed by atoms with Crippen molar-refractivity contribution < 1.29 is 17.9 Å². The Bertz CT molecular complexity index is 147. The second-order valence-corrected chi connectivity index (χ2v) is 2.81. The first-order chi connectivity index (χ1) is 4.91. The first kappa shape index (κ1) is 8.80. The lowest BCUT2D eigenvalue weighted by Crippen LogP contribution is -2.41. The van der Waals surface area contributed by atoms with Crippen LogP contribution >= 0.6 is 0 Å². The fourth-order valence-electron chi connectivity index (χ4n) is 1.23. The minimum absolute atomic E-state index is 0.282. The van der Waals surface area contributed by atoms with Crippen LogP contribution in [0.1, 0.15) is 13.3 Å². The molecule has 1 fully saturated rings. The first-order valence-electron chi connectivity index (χ1n) is 3.39. The Labute approximate surface area is 62.5 Å². The Morgan fingerprint density at radius 3 is 2.18 bits per heavy atom. The first-order valence-corrected chi connectivity index (χ1v) is 3.39. The van der Waals surface area contributed by atoms with Gasteiger partial charge in [0, 0.05) is 6.04 Å². The predicted octanol–water partition coefficient (Wildman–Crippen LogP) is 1.05. The third kappa shape index (κ3) is 1.84. The summed E-state index contributed by atoms with van der Waals surface area (Å²) in [5.41, 5.74) is 5.21. The van der Waals surface area contributed by atoms with Gasteiger partial charge >= 0.3 is 6.18 Å². The molecule has 0 saturated carbocycles. The van der Waals surface area contributed by atoms with E-state index in [-0.39, 0.29) is 12.5 Å². The van der Waals surface area contributed by atoms with E-state index < -0.39 is 18.3 Å². The Balaban J connectivity index is 2.60. The minimum atomic E-state index is -4.32. The highest BCUT2D eigenvalue weighted by molar-refractivity contribution is 4.87. The lowest BCUT2D eigenvalue weighted by molar-refractivity contribution is -0.216. The molecule has 1 aliphatic heterocycles. The van der Waals surface area contributed by atoms with Gasteiger partial charge in [-0.3, -0.25) is 0 Å². The quantitative estimate of drug-likeness (QED) is 0.588. The van der Waals surface area contributed by atoms with Gasteiger partial charge in [0.15, 0.2) is 6.10 Å². The Kier molecular flexibility index (Phi) is 2.11. The smallest absolute Gasteiger partial charge is 0.364 e. The zero-order chi connectivity index (χ0) is 8.65. The average molecular weight is 169 g/mol. The number of rotatable bonds is 0. The van der Waals surface area contributed by atoms with Crippen molar-refractivity contribution in [3.63, 3.8) is 0 Å². The van der Waals surface area contributed by atoms with Crippen LogP contribution in [0.15, 0.2) is 0 Å². The van der Waals surface area contributed by atoms with Crippen molar-refractivity contribution in [2.45, 2.75) is 37.8 Å². The van der Waals surface area contributed by atoms with E-state index in [1.54, 1.807) is 6.92 Å². The highest BCUT2D eigenvalue weighted by Crippen LogP contribution is 2.32. The van der Waals surface area contributed by atoms with Gasteiger partial charge in [0.05, 0.1) is 6.10 Å². The minimum Gasteiger partial charge on any atom is -0.364 e. The van der Waals surface area contributed by atoms with Gasteiger partial charge < -0.3 is 10.5 Å². The monoisotopic (exact) mass is 169 g/mol. The molecule has 0 amide bonds. The molecule has 0 aromatic heterocycles. The summed E-state index contributed by atoms with van der Waals surface area (Å²) in [5.74, 6) is 0. The van der Waals surface area contributed by atoms with Gasteiger partial charge in [-0.2, -0.15) is 13.2 Å². The van der Waals surface area contributed by atoms with Gasteiger partial charge in [0.1, 0.15) is 0 Å². The third-order valence-electron chi connectivity index (χ3n) is 1.69. The van der Waals surface area contributed by atoms with E-state index in [4.69, 9.17) is 5.73 Å². The summed E-state index contributed by atoms with van der Waals surface area (Å²) in [7, 11) is 0. The molecule has 66 valence electrons. The molecule has 0 aliphatic carbocycles. The molecule has 1 aliphatic rings. The molecule has 0 aromatic carbocycles. The molecule has 3 atom stereocenters. The van der Waals surface area contributed by atoms with Crippen LogP contribution in [0.3, 0.4) is 0 Å². The number of hydrogen-bond acceptors (Lipinski definition) is 2. The zero-order valence-corrected chi connectivity index (χ0v) is 6.06. The SMILES string of the molecule is C[C@@H]1C[C@H](N)[C@@H](C(F)(F)F)O1. The van der Waals surface area contributed by atoms with E-state index in [1.165, 1.54) is 0 Å². The summed E-state index contributed by atoms with van der Waals surface area (Å²) in [6.45, 7) is 1.59. The van der Waals surface area contributed by atoms with Crippen LogP contribution in [0.4, 0.5) is 13.2 Å². The van der Waals surface area contributed by atoms with E-state index in [9.17, 15) is 13.2 Å². The number of alkyl halides is 3. The molecule has 1 saturated heterocycles. The maximum absolute atomic E-state index is 12.0. The summed E-state index contributed by atoms with van der Waals surface area (Å²) < 4.78 is 40.5. The van der Waals surface area contributed by atoms with Gasteiger partial charge in [-0.25, -0.2) is 0 Å². The van der Waals surface area contributed by atoms with Crippen molar-refractivity contribution in [3.8, 4) is 0 Å². The second kappa shape index (κ2) is 2.64. The summed E-state index contributed by atoms with van der Waals surface area (Å²) in [6.07, 6.45) is -6.18. The molecule has 2 nitrogen and oxygen atoms in total. The number of nitrogens with two attached hydrogens (primary N) is 1. The highest BCUT2D eigenvalue weighted by atomic mass is 19.4. The van der Waals surface area contributed by atoms with Crippen LogP contribution in [-0.4, -0.2) is 24.4 Å². The molecule has 11 heavy (non-hydrogen) atoms. The molecule has 1 heterocycles. The van der Waals surface area contributed by atoms with Crippen molar-refractivity contribution >= 4 is 0 Å². The van der Waals surface area contributed by atoms with Gasteiger partial charge in [-0.15, -0.1) is 0 Å². The zero-order valence-electron chi connectivity index (χ0n) is 6.06. The summed E-state index contributed by atoms with van der Waals surface area (Å²) in [6, 6.07) is -0.898. The third-order valence-corrected chi connectivity index (χ3v) is 1.69. The topological polar surface area (TPSA) is 35.2 Å². The molecule has 1 rings (SSSR count). The van der Waals surface area contributed by atoms with Crippen molar-refractivity contribution in [3.05, 3.63) is 0 Å². The van der Waals surface area contributed by atoms with Crippen molar-refractivity contribution in [1.29, 1.82) is 0 Å². The van der Waals surface area contributed by atoms with Gasteiger partial charge in [0.25, 0.3) is 0 Å². The van der Waals surface area contributed by atoms with Crippen LogP contribution in [0, 0.1) is 0 Å². The van der Waals surface area contributed by atoms with Crippen LogP contribution in [0.25, 0.3) is 0 Å². The van der Waals surface area contributed by atoms with E-state index in [2.05, 4.69) is 4.74 Å². The lowest BCUT2D eigenvalue weighted by Gasteiger charge is -2.17. The largest absolute Gasteiger partial charge is 0.416 e.